The zero-order chi connectivity index (χ0) is 16.4. The van der Waals surface area contributed by atoms with Gasteiger partial charge in [0.1, 0.15) is 0 Å². The first kappa shape index (κ1) is 15.8. The Bertz CT molecular complexity index is 614. The summed E-state index contributed by atoms with van der Waals surface area (Å²) in [6.07, 6.45) is 2.80. The van der Waals surface area contributed by atoms with Crippen LogP contribution in [0.25, 0.3) is 0 Å². The smallest absolute Gasteiger partial charge is 0.310 e. The number of carbonyl (C=O) groups excluding carboxylic acids is 2. The number of rotatable bonds is 3. The van der Waals surface area contributed by atoms with E-state index in [4.69, 9.17) is 4.74 Å². The van der Waals surface area contributed by atoms with Gasteiger partial charge in [0.05, 0.1) is 12.5 Å². The van der Waals surface area contributed by atoms with Crippen LogP contribution in [0.4, 0.5) is 11.4 Å². The van der Waals surface area contributed by atoms with E-state index in [0.717, 1.165) is 43.7 Å². The summed E-state index contributed by atoms with van der Waals surface area (Å²) in [6.45, 7) is 6.34. The molecule has 1 atom stereocenters. The van der Waals surface area contributed by atoms with Crippen LogP contribution in [0, 0.1) is 5.92 Å². The lowest BCUT2D eigenvalue weighted by atomic mass is 9.97. The molecule has 3 rings (SSSR count). The average molecular weight is 316 g/mol. The molecule has 5 heteroatoms. The van der Waals surface area contributed by atoms with Gasteiger partial charge in [-0.25, -0.2) is 0 Å². The minimum atomic E-state index is -0.0823. The Hall–Kier alpha value is -2.04. The fraction of sp³-hybridized carbons (Fsp3) is 0.556. The molecule has 0 N–H and O–H groups in total. The van der Waals surface area contributed by atoms with E-state index >= 15 is 0 Å². The first-order valence-electron chi connectivity index (χ1n) is 8.42. The van der Waals surface area contributed by atoms with Gasteiger partial charge in [-0.15, -0.1) is 0 Å². The van der Waals surface area contributed by atoms with Crippen molar-refractivity contribution in [3.8, 4) is 0 Å². The largest absolute Gasteiger partial charge is 0.466 e. The van der Waals surface area contributed by atoms with Crippen LogP contribution in [-0.2, 0) is 20.7 Å². The van der Waals surface area contributed by atoms with Crippen molar-refractivity contribution in [2.45, 2.75) is 33.1 Å². The van der Waals surface area contributed by atoms with Crippen molar-refractivity contribution in [1.29, 1.82) is 0 Å². The van der Waals surface area contributed by atoms with E-state index in [1.807, 2.05) is 17.9 Å². The van der Waals surface area contributed by atoms with E-state index in [2.05, 4.69) is 17.0 Å². The molecular formula is C18H24N2O3. The number of anilines is 2. The van der Waals surface area contributed by atoms with E-state index in [0.29, 0.717) is 13.2 Å². The topological polar surface area (TPSA) is 49.9 Å². The summed E-state index contributed by atoms with van der Waals surface area (Å²) < 4.78 is 5.17. The number of nitrogens with zero attached hydrogens (tertiary/aromatic N) is 2. The lowest BCUT2D eigenvalue weighted by Crippen LogP contribution is -2.39. The zero-order valence-corrected chi connectivity index (χ0v) is 13.9. The predicted molar refractivity (Wildman–Crippen MR) is 89.7 cm³/mol. The lowest BCUT2D eigenvalue weighted by Gasteiger charge is -2.33. The molecule has 0 aliphatic carbocycles. The van der Waals surface area contributed by atoms with Gasteiger partial charge in [-0.1, -0.05) is 0 Å². The minimum absolute atomic E-state index is 0.0364. The van der Waals surface area contributed by atoms with Gasteiger partial charge < -0.3 is 14.5 Å². The van der Waals surface area contributed by atoms with Gasteiger partial charge in [0.25, 0.3) is 0 Å². The number of fused-ring (bicyclic) bond motifs is 1. The number of esters is 1. The number of hydrogen-bond donors (Lipinski definition) is 0. The molecule has 124 valence electrons. The molecule has 2 heterocycles. The van der Waals surface area contributed by atoms with Crippen LogP contribution in [-0.4, -0.2) is 38.1 Å². The van der Waals surface area contributed by atoms with Crippen LogP contribution in [0.3, 0.4) is 0 Å². The Morgan fingerprint density at radius 1 is 1.30 bits per heavy atom. The molecule has 0 radical (unpaired) electrons. The van der Waals surface area contributed by atoms with Crippen LogP contribution >= 0.6 is 0 Å². The van der Waals surface area contributed by atoms with Crippen molar-refractivity contribution in [3.63, 3.8) is 0 Å². The highest BCUT2D eigenvalue weighted by Gasteiger charge is 2.28. The number of ether oxygens (including phenoxy) is 1. The summed E-state index contributed by atoms with van der Waals surface area (Å²) in [5.74, 6) is -0.0244. The summed E-state index contributed by atoms with van der Waals surface area (Å²) in [5, 5.41) is 0. The maximum atomic E-state index is 12.0. The molecule has 1 fully saturated rings. The third-order valence-corrected chi connectivity index (χ3v) is 4.75. The Morgan fingerprint density at radius 2 is 2.13 bits per heavy atom. The Labute approximate surface area is 137 Å². The van der Waals surface area contributed by atoms with Crippen LogP contribution in [0.5, 0.6) is 0 Å². The molecule has 2 aliphatic heterocycles. The molecule has 1 aromatic carbocycles. The number of carbonyl (C=O) groups is 2. The molecule has 1 saturated heterocycles. The summed E-state index contributed by atoms with van der Waals surface area (Å²) in [7, 11) is 0. The molecule has 1 unspecified atom stereocenters. The first-order valence-corrected chi connectivity index (χ1v) is 8.42. The second kappa shape index (κ2) is 6.60. The molecular weight excluding hydrogens is 292 g/mol. The summed E-state index contributed by atoms with van der Waals surface area (Å²) >= 11 is 0. The van der Waals surface area contributed by atoms with E-state index < -0.39 is 0 Å². The minimum Gasteiger partial charge on any atom is -0.466 e. The highest BCUT2D eigenvalue weighted by molar-refractivity contribution is 5.94. The Kier molecular flexibility index (Phi) is 4.55. The van der Waals surface area contributed by atoms with Gasteiger partial charge in [-0.05, 0) is 49.9 Å². The SMILES string of the molecule is CCOC(=O)C1CCCN(c2ccc3c(c2)CCN3C(C)=O)C1. The fourth-order valence-electron chi connectivity index (χ4n) is 3.58. The van der Waals surface area contributed by atoms with Crippen molar-refractivity contribution >= 4 is 23.3 Å². The zero-order valence-electron chi connectivity index (χ0n) is 13.9. The van der Waals surface area contributed by atoms with E-state index in [9.17, 15) is 9.59 Å². The van der Waals surface area contributed by atoms with Crippen molar-refractivity contribution in [2.24, 2.45) is 5.92 Å². The summed E-state index contributed by atoms with van der Waals surface area (Å²) in [5.41, 5.74) is 3.39. The van der Waals surface area contributed by atoms with Crippen molar-refractivity contribution in [1.82, 2.24) is 0 Å². The van der Waals surface area contributed by atoms with E-state index in [-0.39, 0.29) is 17.8 Å². The van der Waals surface area contributed by atoms with Crippen LogP contribution < -0.4 is 9.80 Å². The highest BCUT2D eigenvalue weighted by Crippen LogP contribution is 2.33. The summed E-state index contributed by atoms with van der Waals surface area (Å²) in [4.78, 5) is 27.7. The van der Waals surface area contributed by atoms with Crippen molar-refractivity contribution < 1.29 is 14.3 Å². The third-order valence-electron chi connectivity index (χ3n) is 4.75. The Balaban J connectivity index is 1.75. The molecule has 1 aromatic rings. The van der Waals surface area contributed by atoms with Crippen LogP contribution in [0.15, 0.2) is 18.2 Å². The van der Waals surface area contributed by atoms with Gasteiger partial charge in [-0.2, -0.15) is 0 Å². The standard InChI is InChI=1S/C18H24N2O3/c1-3-23-18(22)15-5-4-9-19(12-15)16-6-7-17-14(11-16)8-10-20(17)13(2)21/h6-7,11,15H,3-5,8-10,12H2,1-2H3. The van der Waals surface area contributed by atoms with E-state index in [1.54, 1.807) is 6.92 Å². The normalized spacial score (nSPS) is 20.3. The molecule has 0 aromatic heterocycles. The predicted octanol–water partition coefficient (Wildman–Crippen LogP) is 2.38. The van der Waals surface area contributed by atoms with E-state index in [1.165, 1.54) is 5.56 Å². The molecule has 2 aliphatic rings. The molecule has 5 nitrogen and oxygen atoms in total. The molecule has 1 amide bonds. The second-order valence-electron chi connectivity index (χ2n) is 6.27. The van der Waals surface area contributed by atoms with Gasteiger partial charge in [-0.3, -0.25) is 9.59 Å². The lowest BCUT2D eigenvalue weighted by molar-refractivity contribution is -0.148. The number of hydrogen-bond acceptors (Lipinski definition) is 4. The van der Waals surface area contributed by atoms with Crippen molar-refractivity contribution in [2.75, 3.05) is 36.0 Å². The average Bonchev–Trinajstić information content (AvgIpc) is 2.98. The quantitative estimate of drug-likeness (QED) is 0.803. The van der Waals surface area contributed by atoms with Gasteiger partial charge in [0.15, 0.2) is 0 Å². The number of benzene rings is 1. The van der Waals surface area contributed by atoms with Crippen LogP contribution in [0.2, 0.25) is 0 Å². The molecule has 0 spiro atoms. The van der Waals surface area contributed by atoms with Gasteiger partial charge in [0.2, 0.25) is 5.91 Å². The van der Waals surface area contributed by atoms with Crippen LogP contribution in [0.1, 0.15) is 32.3 Å². The number of piperidine rings is 1. The van der Waals surface area contributed by atoms with Gasteiger partial charge in [0, 0.05) is 37.9 Å². The summed E-state index contributed by atoms with van der Waals surface area (Å²) in [6, 6.07) is 6.27. The molecule has 0 saturated carbocycles. The number of amides is 1. The monoisotopic (exact) mass is 316 g/mol. The van der Waals surface area contributed by atoms with Crippen molar-refractivity contribution in [3.05, 3.63) is 23.8 Å². The maximum Gasteiger partial charge on any atom is 0.310 e. The molecule has 0 bridgehead atoms. The molecule has 23 heavy (non-hydrogen) atoms. The first-order chi connectivity index (χ1) is 11.1. The Morgan fingerprint density at radius 3 is 2.87 bits per heavy atom. The third kappa shape index (κ3) is 3.19. The highest BCUT2D eigenvalue weighted by atomic mass is 16.5. The van der Waals surface area contributed by atoms with Gasteiger partial charge >= 0.3 is 5.97 Å². The fourth-order valence-corrected chi connectivity index (χ4v) is 3.58. The second-order valence-corrected chi connectivity index (χ2v) is 6.27. The maximum absolute atomic E-state index is 12.0.